The van der Waals surface area contributed by atoms with Gasteiger partial charge in [0.25, 0.3) is 0 Å². The summed E-state index contributed by atoms with van der Waals surface area (Å²) in [6, 6.07) is -0.386. The molecule has 1 aliphatic heterocycles. The second-order valence-electron chi connectivity index (χ2n) is 5.50. The van der Waals surface area contributed by atoms with E-state index in [9.17, 15) is 0 Å². The Hall–Kier alpha value is -1.73. The van der Waals surface area contributed by atoms with Gasteiger partial charge in [0.05, 0.1) is 29.8 Å². The van der Waals surface area contributed by atoms with Gasteiger partial charge in [-0.25, -0.2) is 9.67 Å². The van der Waals surface area contributed by atoms with E-state index in [2.05, 4.69) is 15.1 Å². The quantitative estimate of drug-likeness (QED) is 0.765. The predicted octanol–water partition coefficient (Wildman–Crippen LogP) is 0.961. The van der Waals surface area contributed by atoms with Crippen molar-refractivity contribution in [3.63, 3.8) is 0 Å². The summed E-state index contributed by atoms with van der Waals surface area (Å²) in [7, 11) is -0.935. The van der Waals surface area contributed by atoms with Crippen LogP contribution in [0.4, 0.5) is 0 Å². The lowest BCUT2D eigenvalue weighted by molar-refractivity contribution is 0.00578. The van der Waals surface area contributed by atoms with Gasteiger partial charge in [-0.15, -0.1) is 0 Å². The van der Waals surface area contributed by atoms with Gasteiger partial charge in [-0.2, -0.15) is 5.10 Å². The van der Waals surface area contributed by atoms with Crippen LogP contribution in [0.1, 0.15) is 34.5 Å². The first-order chi connectivity index (χ1) is 11.4. The van der Waals surface area contributed by atoms with Crippen LogP contribution in [0.3, 0.4) is 0 Å². The highest BCUT2D eigenvalue weighted by atomic mass is 16.7. The first kappa shape index (κ1) is 8.54. The van der Waals surface area contributed by atoms with Crippen molar-refractivity contribution in [3.05, 3.63) is 30.7 Å². The van der Waals surface area contributed by atoms with Gasteiger partial charge in [0.2, 0.25) is 0 Å². The van der Waals surface area contributed by atoms with Crippen LogP contribution in [0.2, 0.25) is 0 Å². The van der Waals surface area contributed by atoms with Crippen molar-refractivity contribution in [2.45, 2.75) is 38.9 Å². The van der Waals surface area contributed by atoms with Crippen LogP contribution < -0.4 is 5.59 Å². The molecule has 0 atom stereocenters. The highest BCUT2D eigenvalue weighted by Gasteiger charge is 2.52. The van der Waals surface area contributed by atoms with Crippen molar-refractivity contribution in [3.8, 4) is 5.82 Å². The van der Waals surface area contributed by atoms with Gasteiger partial charge in [0.15, 0.2) is 5.82 Å². The van der Waals surface area contributed by atoms with Gasteiger partial charge >= 0.3 is 7.12 Å². The van der Waals surface area contributed by atoms with Crippen molar-refractivity contribution in [2.75, 3.05) is 0 Å². The standard InChI is InChI=1S/C13H17BN4O2/c1-12(2)13(3,4)20-14(19-12)10-8-16-11(9-15-10)18-7-5-6-17-18/h5-9H,1-4H3/i5D,6D,7D,8D,9D. The predicted molar refractivity (Wildman–Crippen MR) is 74.9 cm³/mol. The molecule has 6 nitrogen and oxygen atoms in total. The molecule has 3 rings (SSSR count). The van der Waals surface area contributed by atoms with Crippen LogP contribution in [0, 0.1) is 0 Å². The zero-order chi connectivity index (χ0) is 18.7. The van der Waals surface area contributed by atoms with Crippen LogP contribution in [-0.4, -0.2) is 38.1 Å². The summed E-state index contributed by atoms with van der Waals surface area (Å²) in [4.78, 5) is 8.01. The Balaban J connectivity index is 2.04. The van der Waals surface area contributed by atoms with Crippen molar-refractivity contribution in [2.24, 2.45) is 0 Å². The molecule has 0 saturated carbocycles. The summed E-state index contributed by atoms with van der Waals surface area (Å²) >= 11 is 0. The first-order valence-corrected chi connectivity index (χ1v) is 6.18. The maximum Gasteiger partial charge on any atom is 0.516 e. The smallest absolute Gasteiger partial charge is 0.398 e. The lowest BCUT2D eigenvalue weighted by Gasteiger charge is -2.32. The summed E-state index contributed by atoms with van der Waals surface area (Å²) in [5, 5.41) is 3.70. The van der Waals surface area contributed by atoms with E-state index in [0.29, 0.717) is 0 Å². The van der Waals surface area contributed by atoms with Crippen LogP contribution in [-0.2, 0) is 9.31 Å². The first-order valence-electron chi connectivity index (χ1n) is 8.68. The Morgan fingerprint density at radius 1 is 1.15 bits per heavy atom. The summed E-state index contributed by atoms with van der Waals surface area (Å²) in [6.07, 6.45) is -1.43. The van der Waals surface area contributed by atoms with Gasteiger partial charge in [0, 0.05) is 18.5 Å². The van der Waals surface area contributed by atoms with Gasteiger partial charge in [0.1, 0.15) is 0 Å². The Morgan fingerprint density at radius 3 is 2.45 bits per heavy atom. The molecule has 20 heavy (non-hydrogen) atoms. The number of hydrogen-bond acceptors (Lipinski definition) is 5. The second kappa shape index (κ2) is 4.39. The Morgan fingerprint density at radius 2 is 1.85 bits per heavy atom. The molecule has 2 aromatic rings. The SMILES string of the molecule is [2H]c1nc(-n2nc([2H])c([2H])c2[2H])c([2H])nc1B1OC(C)(C)C(C)(C)O1. The lowest BCUT2D eigenvalue weighted by atomic mass is 9.85. The van der Waals surface area contributed by atoms with Crippen molar-refractivity contribution in [1.29, 1.82) is 0 Å². The van der Waals surface area contributed by atoms with Crippen LogP contribution in [0.15, 0.2) is 30.7 Å². The molecule has 0 N–H and O–H groups in total. The van der Waals surface area contributed by atoms with E-state index in [1.54, 1.807) is 0 Å². The highest BCUT2D eigenvalue weighted by Crippen LogP contribution is 2.36. The van der Waals surface area contributed by atoms with E-state index in [4.69, 9.17) is 16.2 Å². The molecule has 1 aliphatic rings. The van der Waals surface area contributed by atoms with Gasteiger partial charge < -0.3 is 9.31 Å². The third kappa shape index (κ3) is 2.12. The van der Waals surface area contributed by atoms with Gasteiger partial charge in [-0.05, 0) is 33.7 Å². The number of hydrogen-bond donors (Lipinski definition) is 0. The van der Waals surface area contributed by atoms with Crippen molar-refractivity contribution in [1.82, 2.24) is 19.7 Å². The van der Waals surface area contributed by atoms with E-state index < -0.39 is 30.7 Å². The fourth-order valence-electron chi connectivity index (χ4n) is 1.70. The molecule has 0 unspecified atom stereocenters. The van der Waals surface area contributed by atoms with E-state index in [1.165, 1.54) is 0 Å². The zero-order valence-electron chi connectivity index (χ0n) is 16.7. The summed E-state index contributed by atoms with van der Waals surface area (Å²) < 4.78 is 51.5. The average Bonchev–Trinajstić information content (AvgIpc) is 2.87. The van der Waals surface area contributed by atoms with Crippen LogP contribution >= 0.6 is 0 Å². The Bertz CT molecular complexity index is 841. The zero-order valence-corrected chi connectivity index (χ0v) is 11.7. The fourth-order valence-corrected chi connectivity index (χ4v) is 1.70. The minimum atomic E-state index is -0.935. The molecule has 3 heterocycles. The molecule has 0 spiro atoms. The molecule has 0 aromatic carbocycles. The van der Waals surface area contributed by atoms with E-state index in [-0.39, 0.29) is 29.8 Å². The topological polar surface area (TPSA) is 62.1 Å². The highest BCUT2D eigenvalue weighted by molar-refractivity contribution is 6.61. The molecular formula is C13H17BN4O2. The molecule has 0 bridgehead atoms. The number of nitrogens with zero attached hydrogens (tertiary/aromatic N) is 4. The third-order valence-corrected chi connectivity index (χ3v) is 3.60. The maximum absolute atomic E-state index is 8.10. The van der Waals surface area contributed by atoms with Gasteiger partial charge in [-0.1, -0.05) is 0 Å². The summed E-state index contributed by atoms with van der Waals surface area (Å²) in [5.41, 5.74) is -1.19. The molecule has 1 fully saturated rings. The third-order valence-electron chi connectivity index (χ3n) is 3.60. The number of rotatable bonds is 2. The molecule has 7 heteroatoms. The Labute approximate surface area is 125 Å². The molecular weight excluding hydrogens is 255 g/mol. The van der Waals surface area contributed by atoms with E-state index in [0.717, 1.165) is 4.68 Å². The largest absolute Gasteiger partial charge is 0.516 e. The Kier molecular flexibility index (Phi) is 1.88. The summed E-state index contributed by atoms with van der Waals surface area (Å²) in [5.74, 6) is -0.192. The molecule has 0 aliphatic carbocycles. The van der Waals surface area contributed by atoms with Gasteiger partial charge in [-0.3, -0.25) is 4.98 Å². The van der Waals surface area contributed by atoms with Crippen LogP contribution in [0.25, 0.3) is 5.82 Å². The monoisotopic (exact) mass is 277 g/mol. The summed E-state index contributed by atoms with van der Waals surface area (Å²) in [6.45, 7) is 7.45. The molecule has 2 aromatic heterocycles. The minimum Gasteiger partial charge on any atom is -0.398 e. The van der Waals surface area contributed by atoms with E-state index >= 15 is 0 Å². The molecule has 0 amide bonds. The molecule has 0 radical (unpaired) electrons. The molecule has 104 valence electrons. The second-order valence-corrected chi connectivity index (χ2v) is 5.50. The fraction of sp³-hybridized carbons (Fsp3) is 0.462. The maximum atomic E-state index is 8.10. The lowest BCUT2D eigenvalue weighted by Crippen LogP contribution is -2.41. The normalized spacial score (nSPS) is 23.8. The molecule has 1 saturated heterocycles. The number of aromatic nitrogens is 4. The average molecular weight is 277 g/mol. The minimum absolute atomic E-state index is 0.0586. The van der Waals surface area contributed by atoms with Crippen LogP contribution in [0.5, 0.6) is 0 Å². The van der Waals surface area contributed by atoms with Crippen molar-refractivity contribution >= 4 is 12.7 Å². The van der Waals surface area contributed by atoms with E-state index in [1.807, 2.05) is 27.7 Å². The van der Waals surface area contributed by atoms with Crippen molar-refractivity contribution < 1.29 is 16.2 Å².